The third-order valence-electron chi connectivity index (χ3n) is 4.65. The number of carbonyl (C=O) groups is 2. The van der Waals surface area contributed by atoms with Crippen molar-refractivity contribution in [2.45, 2.75) is 25.1 Å². The number of anilines is 2. The van der Waals surface area contributed by atoms with Gasteiger partial charge in [0.15, 0.2) is 5.69 Å². The van der Waals surface area contributed by atoms with Crippen molar-refractivity contribution in [1.82, 2.24) is 24.4 Å². The molecule has 32 heavy (non-hydrogen) atoms. The molecule has 0 aromatic carbocycles. The highest BCUT2D eigenvalue weighted by molar-refractivity contribution is 6.04. The van der Waals surface area contributed by atoms with Crippen LogP contribution in [-0.2, 0) is 11.8 Å². The molecule has 4 rings (SSSR count). The Hall–Kier alpha value is -3.68. The van der Waals surface area contributed by atoms with Gasteiger partial charge in [0, 0.05) is 25.8 Å². The number of amides is 1. The van der Waals surface area contributed by atoms with Gasteiger partial charge in [-0.2, -0.15) is 5.10 Å². The van der Waals surface area contributed by atoms with Crippen molar-refractivity contribution in [3.63, 3.8) is 0 Å². The molecule has 0 bridgehead atoms. The molecule has 3 aromatic heterocycles. The van der Waals surface area contributed by atoms with E-state index < -0.39 is 24.2 Å². The minimum atomic E-state index is -2.83. The molecule has 0 saturated carbocycles. The number of piperidine rings is 1. The maximum Gasteiger partial charge on any atom is 0.290 e. The van der Waals surface area contributed by atoms with Crippen LogP contribution in [0.25, 0.3) is 5.52 Å². The summed E-state index contributed by atoms with van der Waals surface area (Å²) < 4.78 is 42.6. The lowest BCUT2D eigenvalue weighted by atomic mass is 10.1. The fraction of sp³-hybridized carbons (Fsp3) is 0.389. The molecule has 1 aliphatic rings. The Balaban J connectivity index is 0.000000913. The minimum Gasteiger partial charge on any atom is -0.483 e. The van der Waals surface area contributed by atoms with E-state index in [2.05, 4.69) is 20.5 Å². The van der Waals surface area contributed by atoms with Gasteiger partial charge < -0.3 is 21.1 Å². The molecule has 0 unspecified atom stereocenters. The van der Waals surface area contributed by atoms with E-state index in [-0.39, 0.29) is 42.8 Å². The van der Waals surface area contributed by atoms with Crippen molar-refractivity contribution < 1.29 is 27.9 Å². The monoisotopic (exact) mass is 454 g/mol. The van der Waals surface area contributed by atoms with Gasteiger partial charge in [0.1, 0.15) is 11.9 Å². The first-order chi connectivity index (χ1) is 15.2. The molecule has 3 aromatic rings. The second kappa shape index (κ2) is 9.64. The van der Waals surface area contributed by atoms with Crippen LogP contribution in [0.1, 0.15) is 29.0 Å². The number of halogens is 3. The number of nitrogens with two attached hydrogens (primary N) is 1. The van der Waals surface area contributed by atoms with E-state index in [0.717, 1.165) is 0 Å². The number of hydrogen-bond acceptors (Lipinski definition) is 7. The maximum atomic E-state index is 13.9. The van der Waals surface area contributed by atoms with Gasteiger partial charge in [0.25, 0.3) is 18.8 Å². The van der Waals surface area contributed by atoms with Crippen molar-refractivity contribution in [3.8, 4) is 0 Å². The van der Waals surface area contributed by atoms with Crippen molar-refractivity contribution in [2.75, 3.05) is 23.3 Å². The summed E-state index contributed by atoms with van der Waals surface area (Å²) in [4.78, 5) is 26.9. The molecule has 11 nitrogen and oxygen atoms in total. The molecule has 0 spiro atoms. The molecular formula is C18H21F3N8O3. The molecule has 172 valence electrons. The number of fused-ring (bicyclic) bond motifs is 1. The average molecular weight is 454 g/mol. The van der Waals surface area contributed by atoms with Gasteiger partial charge in [-0.15, -0.1) is 5.10 Å². The second-order valence-electron chi connectivity index (χ2n) is 7.07. The zero-order valence-corrected chi connectivity index (χ0v) is 16.9. The summed E-state index contributed by atoms with van der Waals surface area (Å²) in [6, 6.07) is 2.78. The van der Waals surface area contributed by atoms with Gasteiger partial charge in [-0.3, -0.25) is 14.3 Å². The molecule has 0 aliphatic carbocycles. The van der Waals surface area contributed by atoms with E-state index in [1.807, 2.05) is 0 Å². The quantitative estimate of drug-likeness (QED) is 0.500. The van der Waals surface area contributed by atoms with Crippen molar-refractivity contribution in [2.24, 2.45) is 12.8 Å². The first kappa shape index (κ1) is 23.0. The third-order valence-corrected chi connectivity index (χ3v) is 4.65. The van der Waals surface area contributed by atoms with Crippen LogP contribution in [0, 0.1) is 0 Å². The van der Waals surface area contributed by atoms with Crippen LogP contribution >= 0.6 is 0 Å². The van der Waals surface area contributed by atoms with Crippen molar-refractivity contribution >= 4 is 29.5 Å². The largest absolute Gasteiger partial charge is 0.483 e. The number of hydrogen-bond donors (Lipinski definition) is 3. The molecule has 4 N–H and O–H groups in total. The number of rotatable bonds is 4. The third kappa shape index (κ3) is 4.96. The summed E-state index contributed by atoms with van der Waals surface area (Å²) >= 11 is 0. The van der Waals surface area contributed by atoms with E-state index in [0.29, 0.717) is 12.1 Å². The molecular weight excluding hydrogens is 433 g/mol. The minimum absolute atomic E-state index is 0.0843. The lowest BCUT2D eigenvalue weighted by molar-refractivity contribution is -0.122. The molecule has 1 saturated heterocycles. The number of nitrogens with one attached hydrogen (secondary N) is 1. The van der Waals surface area contributed by atoms with Gasteiger partial charge in [-0.25, -0.2) is 22.7 Å². The molecule has 0 radical (unpaired) electrons. The summed E-state index contributed by atoms with van der Waals surface area (Å²) in [6.45, 7) is 0.248. The van der Waals surface area contributed by atoms with Crippen LogP contribution in [-0.4, -0.2) is 67.2 Å². The zero-order valence-electron chi connectivity index (χ0n) is 16.9. The van der Waals surface area contributed by atoms with E-state index >= 15 is 0 Å². The molecule has 2 atom stereocenters. The van der Waals surface area contributed by atoms with Gasteiger partial charge in [0.2, 0.25) is 5.95 Å². The maximum absolute atomic E-state index is 13.9. The number of aromatic nitrogens is 5. The topological polar surface area (TPSA) is 144 Å². The summed E-state index contributed by atoms with van der Waals surface area (Å²) in [5.41, 5.74) is 5.91. The average Bonchev–Trinajstić information content (AvgIpc) is 3.30. The first-order valence-electron chi connectivity index (χ1n) is 9.43. The van der Waals surface area contributed by atoms with Crippen LogP contribution in [0.15, 0.2) is 24.5 Å². The Kier molecular flexibility index (Phi) is 6.92. The lowest BCUT2D eigenvalue weighted by Crippen LogP contribution is -2.48. The van der Waals surface area contributed by atoms with Crippen LogP contribution in [0.5, 0.6) is 0 Å². The van der Waals surface area contributed by atoms with Crippen LogP contribution in [0.4, 0.5) is 24.8 Å². The van der Waals surface area contributed by atoms with Gasteiger partial charge in [-0.05, 0) is 18.6 Å². The van der Waals surface area contributed by atoms with Crippen LogP contribution in [0.3, 0.4) is 0 Å². The molecule has 4 heterocycles. The summed E-state index contributed by atoms with van der Waals surface area (Å²) in [5, 5.41) is 17.3. The number of carboxylic acid groups (broad SMARTS) is 1. The van der Waals surface area contributed by atoms with Gasteiger partial charge in [0.05, 0.1) is 23.9 Å². The molecule has 1 aliphatic heterocycles. The molecule has 14 heteroatoms. The van der Waals surface area contributed by atoms with E-state index in [9.17, 15) is 18.0 Å². The highest BCUT2D eigenvalue weighted by atomic mass is 19.3. The summed E-state index contributed by atoms with van der Waals surface area (Å²) in [6.07, 6.45) is -0.855. The number of alkyl halides is 3. The zero-order chi connectivity index (χ0) is 23.4. The fourth-order valence-corrected chi connectivity index (χ4v) is 3.40. The Morgan fingerprint density at radius 1 is 1.34 bits per heavy atom. The number of nitrogens with zero attached hydrogens (tertiary/aromatic N) is 6. The number of carbonyl (C=O) groups excluding carboxylic acids is 1. The van der Waals surface area contributed by atoms with Crippen molar-refractivity contribution in [1.29, 1.82) is 0 Å². The van der Waals surface area contributed by atoms with Crippen molar-refractivity contribution in [3.05, 3.63) is 35.9 Å². The summed E-state index contributed by atoms with van der Waals surface area (Å²) in [5.74, 6) is -0.404. The SMILES string of the molecule is Cn1cc(NC(=O)c2ccc3cnc(N4C[C@@H](N)C[C@@H](F)C4)nn23)c(C(F)F)n1.O=CO. The Labute approximate surface area is 179 Å². The molecule has 1 fully saturated rings. The normalized spacial score (nSPS) is 18.4. The number of aryl methyl sites for hydroxylation is 1. The van der Waals surface area contributed by atoms with Crippen LogP contribution < -0.4 is 16.0 Å². The lowest BCUT2D eigenvalue weighted by Gasteiger charge is -2.32. The Morgan fingerprint density at radius 3 is 2.72 bits per heavy atom. The Morgan fingerprint density at radius 2 is 2.06 bits per heavy atom. The van der Waals surface area contributed by atoms with E-state index in [4.69, 9.17) is 15.6 Å². The summed E-state index contributed by atoms with van der Waals surface area (Å²) in [7, 11) is 1.48. The highest BCUT2D eigenvalue weighted by Crippen LogP contribution is 2.26. The second-order valence-corrected chi connectivity index (χ2v) is 7.07. The first-order valence-corrected chi connectivity index (χ1v) is 9.43. The van der Waals surface area contributed by atoms with Gasteiger partial charge in [-0.1, -0.05) is 0 Å². The predicted octanol–water partition coefficient (Wildman–Crippen LogP) is 1.23. The van der Waals surface area contributed by atoms with E-state index in [1.165, 1.54) is 34.7 Å². The molecule has 1 amide bonds. The van der Waals surface area contributed by atoms with E-state index in [1.54, 1.807) is 11.0 Å². The van der Waals surface area contributed by atoms with Gasteiger partial charge >= 0.3 is 0 Å². The predicted molar refractivity (Wildman–Crippen MR) is 107 cm³/mol. The highest BCUT2D eigenvalue weighted by Gasteiger charge is 2.27. The van der Waals surface area contributed by atoms with Crippen LogP contribution in [0.2, 0.25) is 0 Å². The fourth-order valence-electron chi connectivity index (χ4n) is 3.40. The standard InChI is InChI=1S/C17H19F3N8O.CH2O2/c1-26-8-12(14(24-26)15(19)20)23-16(29)13-3-2-11-5-22-17(25-28(11)13)27-6-9(18)4-10(21)7-27;2-1-3/h2-3,5,8-10,15H,4,6-7,21H2,1H3,(H,23,29);1H,(H,2,3)/t9-,10+;/m1./s1. The smallest absolute Gasteiger partial charge is 0.290 e. The Bertz CT molecular complexity index is 1090.